The van der Waals surface area contributed by atoms with E-state index in [1.807, 2.05) is 6.92 Å². The van der Waals surface area contributed by atoms with Gasteiger partial charge in [-0.3, -0.25) is 14.5 Å². The van der Waals surface area contributed by atoms with Crippen LogP contribution in [0.1, 0.15) is 24.5 Å². The average molecular weight is 575 g/mol. The van der Waals surface area contributed by atoms with Crippen LogP contribution >= 0.6 is 50.9 Å². The number of ether oxygens (including phenoxy) is 3. The maximum atomic E-state index is 12.7. The number of methoxy groups -OCH3 is 1. The number of hydrogen-bond acceptors (Lipinski definition) is 6. The molecule has 0 bridgehead atoms. The van der Waals surface area contributed by atoms with Gasteiger partial charge in [0.2, 0.25) is 0 Å². The van der Waals surface area contributed by atoms with E-state index in [4.69, 9.17) is 37.4 Å². The number of rotatable bonds is 10. The van der Waals surface area contributed by atoms with Gasteiger partial charge in [0.25, 0.3) is 11.1 Å². The average Bonchev–Trinajstić information content (AvgIpc) is 3.03. The van der Waals surface area contributed by atoms with Gasteiger partial charge < -0.3 is 14.2 Å². The fraction of sp³-hybridized carbons (Fsp3) is 0.304. The maximum Gasteiger partial charge on any atom is 0.293 e. The number of carbonyl (C=O) groups is 2. The minimum absolute atomic E-state index is 0.224. The molecule has 0 unspecified atom stereocenters. The molecule has 2 aromatic carbocycles. The van der Waals surface area contributed by atoms with Crippen molar-refractivity contribution >= 4 is 68.1 Å². The van der Waals surface area contributed by atoms with Crippen LogP contribution < -0.4 is 9.47 Å². The second kappa shape index (κ2) is 12.1. The standard InChI is InChI=1S/C23H22BrCl2NO5S/c1-3-31-19-9-15(10-21-22(28)27(23(29)33-21)7-4-8-30-2)17(24)12-20(19)32-13-14-5-6-16(25)11-18(14)26/h5-6,9-12H,3-4,7-8,13H2,1-2H3/b21-10+. The van der Waals surface area contributed by atoms with E-state index in [-0.39, 0.29) is 17.8 Å². The molecule has 1 fully saturated rings. The summed E-state index contributed by atoms with van der Waals surface area (Å²) in [5.41, 5.74) is 1.48. The highest BCUT2D eigenvalue weighted by Crippen LogP contribution is 2.38. The minimum atomic E-state index is -0.316. The highest BCUT2D eigenvalue weighted by atomic mass is 79.9. The van der Waals surface area contributed by atoms with E-state index in [0.29, 0.717) is 62.7 Å². The van der Waals surface area contributed by atoms with E-state index in [9.17, 15) is 9.59 Å². The zero-order chi connectivity index (χ0) is 24.0. The van der Waals surface area contributed by atoms with Crippen LogP contribution in [0.4, 0.5) is 4.79 Å². The number of carbonyl (C=O) groups excluding carboxylic acids is 2. The minimum Gasteiger partial charge on any atom is -0.490 e. The lowest BCUT2D eigenvalue weighted by Gasteiger charge is -2.15. The quantitative estimate of drug-likeness (QED) is 0.229. The third-order valence-electron chi connectivity index (χ3n) is 4.65. The van der Waals surface area contributed by atoms with E-state index in [1.54, 1.807) is 43.5 Å². The van der Waals surface area contributed by atoms with Crippen LogP contribution in [0.2, 0.25) is 10.0 Å². The van der Waals surface area contributed by atoms with Crippen molar-refractivity contribution in [3.63, 3.8) is 0 Å². The third-order valence-corrected chi connectivity index (χ3v) is 6.83. The largest absolute Gasteiger partial charge is 0.490 e. The molecule has 0 saturated carbocycles. The first kappa shape index (κ1) is 25.9. The molecular weight excluding hydrogens is 553 g/mol. The summed E-state index contributed by atoms with van der Waals surface area (Å²) in [7, 11) is 1.58. The summed E-state index contributed by atoms with van der Waals surface area (Å²) in [6, 6.07) is 8.75. The van der Waals surface area contributed by atoms with Crippen molar-refractivity contribution in [2.45, 2.75) is 20.0 Å². The molecule has 0 spiro atoms. The molecule has 0 N–H and O–H groups in total. The first-order valence-corrected chi connectivity index (χ1v) is 12.5. The van der Waals surface area contributed by atoms with Gasteiger partial charge in [-0.05, 0) is 61.0 Å². The van der Waals surface area contributed by atoms with Gasteiger partial charge in [-0.25, -0.2) is 0 Å². The van der Waals surface area contributed by atoms with Gasteiger partial charge in [-0.1, -0.05) is 45.2 Å². The molecule has 1 heterocycles. The maximum absolute atomic E-state index is 12.7. The molecule has 2 aromatic rings. The SMILES string of the molecule is CCOc1cc(/C=C2/SC(=O)N(CCCOC)C2=O)c(Br)cc1OCc1ccc(Cl)cc1Cl. The molecule has 176 valence electrons. The second-order valence-corrected chi connectivity index (χ2v) is 9.65. The topological polar surface area (TPSA) is 65.1 Å². The molecular formula is C23H22BrCl2NO5S. The third kappa shape index (κ3) is 6.67. The van der Waals surface area contributed by atoms with Crippen molar-refractivity contribution in [3.8, 4) is 11.5 Å². The Balaban J connectivity index is 1.82. The Kier molecular flexibility index (Phi) is 9.52. The smallest absolute Gasteiger partial charge is 0.293 e. The van der Waals surface area contributed by atoms with Crippen molar-refractivity contribution < 1.29 is 23.8 Å². The van der Waals surface area contributed by atoms with E-state index in [2.05, 4.69) is 15.9 Å². The summed E-state index contributed by atoms with van der Waals surface area (Å²) in [6.07, 6.45) is 2.26. The fourth-order valence-electron chi connectivity index (χ4n) is 3.04. The first-order chi connectivity index (χ1) is 15.8. The van der Waals surface area contributed by atoms with Crippen LogP contribution in [0.15, 0.2) is 39.7 Å². The molecule has 33 heavy (non-hydrogen) atoms. The predicted molar refractivity (Wildman–Crippen MR) is 135 cm³/mol. The van der Waals surface area contributed by atoms with Crippen LogP contribution in [-0.4, -0.2) is 42.9 Å². The lowest BCUT2D eigenvalue weighted by atomic mass is 10.1. The summed E-state index contributed by atoms with van der Waals surface area (Å²) < 4.78 is 17.4. The normalized spacial score (nSPS) is 14.9. The molecule has 10 heteroatoms. The molecule has 6 nitrogen and oxygen atoms in total. The predicted octanol–water partition coefficient (Wildman–Crippen LogP) is 6.81. The molecule has 0 atom stereocenters. The van der Waals surface area contributed by atoms with Crippen LogP contribution in [-0.2, 0) is 16.1 Å². The van der Waals surface area contributed by atoms with Crippen molar-refractivity contribution in [1.29, 1.82) is 0 Å². The van der Waals surface area contributed by atoms with Crippen LogP contribution in [0.5, 0.6) is 11.5 Å². The second-order valence-electron chi connectivity index (χ2n) is 6.96. The van der Waals surface area contributed by atoms with Crippen LogP contribution in [0, 0.1) is 0 Å². The zero-order valence-corrected chi connectivity index (χ0v) is 21.9. The van der Waals surface area contributed by atoms with Crippen LogP contribution in [0.25, 0.3) is 6.08 Å². The number of benzene rings is 2. The Hall–Kier alpha value is -1.71. The molecule has 2 amide bonds. The number of amides is 2. The lowest BCUT2D eigenvalue weighted by molar-refractivity contribution is -0.122. The van der Waals surface area contributed by atoms with Gasteiger partial charge in [0.1, 0.15) is 6.61 Å². The molecule has 1 saturated heterocycles. The van der Waals surface area contributed by atoms with Gasteiger partial charge in [0.15, 0.2) is 11.5 Å². The molecule has 1 aliphatic rings. The van der Waals surface area contributed by atoms with E-state index in [1.165, 1.54) is 4.90 Å². The highest BCUT2D eigenvalue weighted by Gasteiger charge is 2.34. The molecule has 0 radical (unpaired) electrons. The van der Waals surface area contributed by atoms with Crippen molar-refractivity contribution in [2.24, 2.45) is 0 Å². The van der Waals surface area contributed by atoms with Crippen molar-refractivity contribution in [2.75, 3.05) is 26.9 Å². The summed E-state index contributed by atoms with van der Waals surface area (Å²) in [5, 5.41) is 0.773. The van der Waals surface area contributed by atoms with Gasteiger partial charge in [-0.2, -0.15) is 0 Å². The highest BCUT2D eigenvalue weighted by molar-refractivity contribution is 9.10. The Bertz CT molecular complexity index is 1080. The Morgan fingerprint density at radius 3 is 2.58 bits per heavy atom. The summed E-state index contributed by atoms with van der Waals surface area (Å²) >= 11 is 16.6. The number of thioether (sulfide) groups is 1. The van der Waals surface area contributed by atoms with Crippen molar-refractivity contribution in [3.05, 3.63) is 60.9 Å². The number of nitrogens with zero attached hydrogens (tertiary/aromatic N) is 1. The van der Waals surface area contributed by atoms with E-state index >= 15 is 0 Å². The van der Waals surface area contributed by atoms with E-state index < -0.39 is 0 Å². The molecule has 0 aromatic heterocycles. The van der Waals surface area contributed by atoms with Crippen molar-refractivity contribution in [1.82, 2.24) is 4.90 Å². The van der Waals surface area contributed by atoms with E-state index in [0.717, 1.165) is 17.3 Å². The summed E-state index contributed by atoms with van der Waals surface area (Å²) in [4.78, 5) is 26.6. The summed E-state index contributed by atoms with van der Waals surface area (Å²) in [5.74, 6) is 0.708. The Morgan fingerprint density at radius 2 is 1.88 bits per heavy atom. The molecule has 1 aliphatic heterocycles. The van der Waals surface area contributed by atoms with Gasteiger partial charge >= 0.3 is 0 Å². The lowest BCUT2D eigenvalue weighted by Crippen LogP contribution is -2.29. The van der Waals surface area contributed by atoms with Gasteiger partial charge in [0.05, 0.1) is 11.5 Å². The first-order valence-electron chi connectivity index (χ1n) is 10.1. The van der Waals surface area contributed by atoms with Gasteiger partial charge in [0, 0.05) is 40.3 Å². The zero-order valence-electron chi connectivity index (χ0n) is 18.0. The monoisotopic (exact) mass is 573 g/mol. The summed E-state index contributed by atoms with van der Waals surface area (Å²) in [6.45, 7) is 3.32. The number of halogens is 3. The number of imide groups is 1. The number of hydrogen-bond donors (Lipinski definition) is 0. The Labute approximate surface area is 215 Å². The molecule has 3 rings (SSSR count). The van der Waals surface area contributed by atoms with Gasteiger partial charge in [-0.15, -0.1) is 0 Å². The Morgan fingerprint density at radius 1 is 1.12 bits per heavy atom. The molecule has 0 aliphatic carbocycles. The van der Waals surface area contributed by atoms with Crippen LogP contribution in [0.3, 0.4) is 0 Å². The fourth-order valence-corrected chi connectivity index (χ4v) is 4.79.